The lowest BCUT2D eigenvalue weighted by Crippen LogP contribution is -2.14. The van der Waals surface area contributed by atoms with E-state index in [1.54, 1.807) is 44.2 Å². The van der Waals surface area contributed by atoms with Crippen molar-refractivity contribution in [3.8, 4) is 11.3 Å². The zero-order valence-electron chi connectivity index (χ0n) is 13.8. The van der Waals surface area contributed by atoms with Crippen LogP contribution in [0.3, 0.4) is 0 Å². The number of carbonyl (C=O) groups excluding carboxylic acids is 3. The standard InChI is InChI=1S/C18H18O6/c1-4-22-17(20)14-13(11(3)19)15(12-9-7-6-8-10-12)24-16(14)18(21)23-5-2/h6-10H,4-5H2,1-3H3. The Bertz CT molecular complexity index is 757. The van der Waals surface area contributed by atoms with Gasteiger partial charge in [-0.25, -0.2) is 9.59 Å². The molecule has 24 heavy (non-hydrogen) atoms. The second kappa shape index (κ2) is 7.59. The van der Waals surface area contributed by atoms with E-state index in [2.05, 4.69) is 0 Å². The van der Waals surface area contributed by atoms with Gasteiger partial charge < -0.3 is 13.9 Å². The molecule has 2 aromatic rings. The van der Waals surface area contributed by atoms with E-state index >= 15 is 0 Å². The minimum atomic E-state index is -0.815. The van der Waals surface area contributed by atoms with Gasteiger partial charge in [-0.2, -0.15) is 0 Å². The summed E-state index contributed by atoms with van der Waals surface area (Å²) >= 11 is 0. The molecule has 2 rings (SSSR count). The fraction of sp³-hybridized carbons (Fsp3) is 0.278. The summed E-state index contributed by atoms with van der Waals surface area (Å²) in [5.41, 5.74) is 0.396. The zero-order valence-corrected chi connectivity index (χ0v) is 13.8. The maximum absolute atomic E-state index is 12.3. The Morgan fingerprint density at radius 1 is 0.917 bits per heavy atom. The molecule has 0 atom stereocenters. The van der Waals surface area contributed by atoms with Gasteiger partial charge in [0.1, 0.15) is 11.3 Å². The van der Waals surface area contributed by atoms with E-state index in [-0.39, 0.29) is 35.9 Å². The Kier molecular flexibility index (Phi) is 5.52. The molecular weight excluding hydrogens is 312 g/mol. The number of esters is 2. The highest BCUT2D eigenvalue weighted by molar-refractivity contribution is 6.14. The van der Waals surface area contributed by atoms with Crippen molar-refractivity contribution in [2.75, 3.05) is 13.2 Å². The lowest BCUT2D eigenvalue weighted by atomic mass is 10.0. The molecule has 0 amide bonds. The van der Waals surface area contributed by atoms with Gasteiger partial charge in [-0.1, -0.05) is 30.3 Å². The van der Waals surface area contributed by atoms with E-state index in [9.17, 15) is 14.4 Å². The lowest BCUT2D eigenvalue weighted by molar-refractivity contribution is 0.0452. The second-order valence-electron chi connectivity index (χ2n) is 4.87. The molecule has 0 fully saturated rings. The molecule has 0 saturated carbocycles. The molecule has 6 nitrogen and oxygen atoms in total. The average molecular weight is 330 g/mol. The Hall–Kier alpha value is -2.89. The van der Waals surface area contributed by atoms with E-state index in [0.29, 0.717) is 5.56 Å². The molecule has 6 heteroatoms. The third-order valence-electron chi connectivity index (χ3n) is 3.24. The van der Waals surface area contributed by atoms with Crippen molar-refractivity contribution in [1.29, 1.82) is 0 Å². The van der Waals surface area contributed by atoms with Crippen LogP contribution < -0.4 is 0 Å². The fourth-order valence-electron chi connectivity index (χ4n) is 2.30. The van der Waals surface area contributed by atoms with Crippen molar-refractivity contribution < 1.29 is 28.3 Å². The van der Waals surface area contributed by atoms with Crippen LogP contribution in [0.15, 0.2) is 34.7 Å². The van der Waals surface area contributed by atoms with E-state index in [1.807, 2.05) is 0 Å². The maximum atomic E-state index is 12.3. The minimum absolute atomic E-state index is 0.0164. The summed E-state index contributed by atoms with van der Waals surface area (Å²) in [4.78, 5) is 36.6. The normalized spacial score (nSPS) is 10.3. The summed E-state index contributed by atoms with van der Waals surface area (Å²) in [5.74, 6) is -2.19. The molecule has 0 bridgehead atoms. The number of ketones is 1. The van der Waals surface area contributed by atoms with Crippen LogP contribution in [0.1, 0.15) is 52.0 Å². The molecule has 0 unspecified atom stereocenters. The first kappa shape index (κ1) is 17.5. The van der Waals surface area contributed by atoms with Crippen molar-refractivity contribution in [3.63, 3.8) is 0 Å². The predicted octanol–water partition coefficient (Wildman–Crippen LogP) is 3.50. The highest BCUT2D eigenvalue weighted by atomic mass is 16.5. The quantitative estimate of drug-likeness (QED) is 0.595. The van der Waals surface area contributed by atoms with Crippen LogP contribution in [0.2, 0.25) is 0 Å². The topological polar surface area (TPSA) is 82.8 Å². The summed E-state index contributed by atoms with van der Waals surface area (Å²) in [7, 11) is 0. The summed E-state index contributed by atoms with van der Waals surface area (Å²) in [6.45, 7) is 4.78. The van der Waals surface area contributed by atoms with Crippen molar-refractivity contribution >= 4 is 17.7 Å². The van der Waals surface area contributed by atoms with Crippen molar-refractivity contribution in [3.05, 3.63) is 47.2 Å². The Morgan fingerprint density at radius 3 is 2.04 bits per heavy atom. The molecule has 1 heterocycles. The Labute approximate surface area is 139 Å². The molecule has 126 valence electrons. The van der Waals surface area contributed by atoms with Crippen LogP contribution in [-0.2, 0) is 9.47 Å². The van der Waals surface area contributed by atoms with Crippen LogP contribution in [0.25, 0.3) is 11.3 Å². The minimum Gasteiger partial charge on any atom is -0.462 e. The van der Waals surface area contributed by atoms with E-state index in [4.69, 9.17) is 13.9 Å². The number of benzene rings is 1. The number of carbonyl (C=O) groups is 3. The molecular formula is C18H18O6. The number of hydrogen-bond acceptors (Lipinski definition) is 6. The zero-order chi connectivity index (χ0) is 17.7. The molecule has 0 radical (unpaired) electrons. The maximum Gasteiger partial charge on any atom is 0.375 e. The van der Waals surface area contributed by atoms with E-state index in [0.717, 1.165) is 0 Å². The molecule has 0 aliphatic heterocycles. The first-order valence-corrected chi connectivity index (χ1v) is 7.58. The largest absolute Gasteiger partial charge is 0.462 e. The summed E-state index contributed by atoms with van der Waals surface area (Å²) in [6.07, 6.45) is 0. The van der Waals surface area contributed by atoms with Gasteiger partial charge in [-0.15, -0.1) is 0 Å². The van der Waals surface area contributed by atoms with Crippen LogP contribution in [0.5, 0.6) is 0 Å². The van der Waals surface area contributed by atoms with Crippen LogP contribution in [0.4, 0.5) is 0 Å². The summed E-state index contributed by atoms with van der Waals surface area (Å²) in [5, 5.41) is 0. The predicted molar refractivity (Wildman–Crippen MR) is 86.1 cm³/mol. The Balaban J connectivity index is 2.73. The number of furan rings is 1. The lowest BCUT2D eigenvalue weighted by Gasteiger charge is -2.04. The summed E-state index contributed by atoms with van der Waals surface area (Å²) < 4.78 is 15.5. The van der Waals surface area contributed by atoms with Crippen LogP contribution in [-0.4, -0.2) is 30.9 Å². The molecule has 1 aromatic heterocycles. The van der Waals surface area contributed by atoms with Gasteiger partial charge in [0.15, 0.2) is 5.78 Å². The Morgan fingerprint density at radius 2 is 1.50 bits per heavy atom. The van der Waals surface area contributed by atoms with Gasteiger partial charge in [-0.3, -0.25) is 4.79 Å². The molecule has 0 aliphatic carbocycles. The monoisotopic (exact) mass is 330 g/mol. The van der Waals surface area contributed by atoms with Gasteiger partial charge in [-0.05, 0) is 20.8 Å². The molecule has 0 saturated heterocycles. The molecule has 1 aromatic carbocycles. The van der Waals surface area contributed by atoms with E-state index < -0.39 is 17.7 Å². The van der Waals surface area contributed by atoms with Crippen molar-refractivity contribution in [2.24, 2.45) is 0 Å². The van der Waals surface area contributed by atoms with E-state index in [1.165, 1.54) is 6.92 Å². The van der Waals surface area contributed by atoms with Crippen LogP contribution in [0, 0.1) is 0 Å². The number of hydrogen-bond donors (Lipinski definition) is 0. The van der Waals surface area contributed by atoms with Gasteiger partial charge in [0.25, 0.3) is 0 Å². The van der Waals surface area contributed by atoms with Crippen molar-refractivity contribution in [2.45, 2.75) is 20.8 Å². The average Bonchev–Trinajstić information content (AvgIpc) is 2.97. The third kappa shape index (κ3) is 3.37. The molecule has 0 aliphatic rings. The van der Waals surface area contributed by atoms with Gasteiger partial charge in [0, 0.05) is 5.56 Å². The molecule has 0 spiro atoms. The van der Waals surface area contributed by atoms with Gasteiger partial charge in [0.2, 0.25) is 5.76 Å². The fourth-order valence-corrected chi connectivity index (χ4v) is 2.30. The van der Waals surface area contributed by atoms with Crippen molar-refractivity contribution in [1.82, 2.24) is 0 Å². The number of rotatable bonds is 6. The third-order valence-corrected chi connectivity index (χ3v) is 3.24. The first-order valence-electron chi connectivity index (χ1n) is 7.58. The first-order chi connectivity index (χ1) is 11.5. The summed E-state index contributed by atoms with van der Waals surface area (Å²) in [6, 6.07) is 8.76. The smallest absolute Gasteiger partial charge is 0.375 e. The number of ether oxygens (including phenoxy) is 2. The molecule has 0 N–H and O–H groups in total. The van der Waals surface area contributed by atoms with Crippen LogP contribution >= 0.6 is 0 Å². The van der Waals surface area contributed by atoms with Gasteiger partial charge >= 0.3 is 11.9 Å². The number of Topliss-reactive ketones (excluding diaryl/α,β-unsaturated/α-hetero) is 1. The SMILES string of the molecule is CCOC(=O)c1oc(-c2ccccc2)c(C(C)=O)c1C(=O)OCC. The highest BCUT2D eigenvalue weighted by Crippen LogP contribution is 2.33. The second-order valence-corrected chi connectivity index (χ2v) is 4.87. The van der Waals surface area contributed by atoms with Gasteiger partial charge in [0.05, 0.1) is 18.8 Å². The highest BCUT2D eigenvalue weighted by Gasteiger charge is 2.33.